The van der Waals surface area contributed by atoms with Crippen LogP contribution in [0.2, 0.25) is 0 Å². The highest BCUT2D eigenvalue weighted by atomic mass is 16.5. The number of nitrogens with zero attached hydrogens (tertiary/aromatic N) is 3. The van der Waals surface area contributed by atoms with Crippen molar-refractivity contribution < 1.29 is 14.3 Å². The minimum atomic E-state index is -0.232. The van der Waals surface area contributed by atoms with Crippen LogP contribution in [-0.2, 0) is 4.74 Å². The summed E-state index contributed by atoms with van der Waals surface area (Å²) in [6, 6.07) is 16.6. The zero-order chi connectivity index (χ0) is 24.3. The van der Waals surface area contributed by atoms with Gasteiger partial charge in [-0.15, -0.1) is 0 Å². The van der Waals surface area contributed by atoms with Gasteiger partial charge in [-0.3, -0.25) is 4.79 Å². The Morgan fingerprint density at radius 3 is 2.38 bits per heavy atom. The second-order valence-electron chi connectivity index (χ2n) is 10.1. The average molecular weight is 456 g/mol. The van der Waals surface area contributed by atoms with Gasteiger partial charge in [0.05, 0.1) is 23.6 Å². The summed E-state index contributed by atoms with van der Waals surface area (Å²) in [4.78, 5) is 13.0. The molecule has 4 rings (SSSR count). The van der Waals surface area contributed by atoms with Crippen LogP contribution in [-0.4, -0.2) is 27.2 Å². The van der Waals surface area contributed by atoms with Crippen LogP contribution in [0.4, 0.5) is 0 Å². The second kappa shape index (κ2) is 9.36. The number of ether oxygens (including phenoxy) is 2. The van der Waals surface area contributed by atoms with E-state index in [0.717, 1.165) is 24.0 Å². The van der Waals surface area contributed by atoms with Crippen molar-refractivity contribution in [2.24, 2.45) is 5.92 Å². The van der Waals surface area contributed by atoms with Crippen molar-refractivity contribution in [2.45, 2.75) is 58.2 Å². The molecule has 34 heavy (non-hydrogen) atoms. The Morgan fingerprint density at radius 1 is 1.06 bits per heavy atom. The molecule has 2 aromatic carbocycles. The predicted octanol–water partition coefficient (Wildman–Crippen LogP) is 6.36. The van der Waals surface area contributed by atoms with E-state index in [-0.39, 0.29) is 22.9 Å². The van der Waals surface area contributed by atoms with Crippen LogP contribution in [0.1, 0.15) is 62.9 Å². The van der Waals surface area contributed by atoms with Gasteiger partial charge in [0.15, 0.2) is 5.78 Å². The Bertz CT molecular complexity index is 1200. The van der Waals surface area contributed by atoms with Gasteiger partial charge in [-0.05, 0) is 82.9 Å². The molecule has 1 aliphatic rings. The third-order valence-electron chi connectivity index (χ3n) is 6.02. The molecule has 0 unspecified atom stereocenters. The highest BCUT2D eigenvalue weighted by Gasteiger charge is 2.39. The maximum Gasteiger partial charge on any atom is 0.163 e. The van der Waals surface area contributed by atoms with E-state index >= 15 is 0 Å². The number of carbonyl (C=O) groups is 1. The molecule has 1 aromatic heterocycles. The molecule has 1 aliphatic heterocycles. The summed E-state index contributed by atoms with van der Waals surface area (Å²) in [6.07, 6.45) is 5.42. The summed E-state index contributed by atoms with van der Waals surface area (Å²) < 4.78 is 12.2. The van der Waals surface area contributed by atoms with Crippen LogP contribution in [0.5, 0.6) is 11.5 Å². The molecule has 0 saturated carbocycles. The maximum atomic E-state index is 13.0. The standard InChI is InChI=1S/C28H29N3O3/c1-27(2)15-19(16-28(3,4)34-27)14-25(32)20-8-10-22(11-9-20)33-26-7-5-6-23(24(26)17-29)21-12-13-30-31-18-21/h5-13,18-19H,14-16H2,1-4H3. The van der Waals surface area contributed by atoms with Crippen molar-refractivity contribution in [2.75, 3.05) is 0 Å². The number of aromatic nitrogens is 2. The Kier molecular flexibility index (Phi) is 6.49. The summed E-state index contributed by atoms with van der Waals surface area (Å²) in [5.41, 5.74) is 2.13. The van der Waals surface area contributed by atoms with E-state index in [0.29, 0.717) is 29.0 Å². The van der Waals surface area contributed by atoms with E-state index in [1.165, 1.54) is 0 Å². The lowest BCUT2D eigenvalue weighted by Gasteiger charge is -2.45. The molecule has 0 amide bonds. The summed E-state index contributed by atoms with van der Waals surface area (Å²) in [7, 11) is 0. The van der Waals surface area contributed by atoms with Gasteiger partial charge in [0, 0.05) is 23.1 Å². The Hall–Kier alpha value is -3.56. The number of hydrogen-bond donors (Lipinski definition) is 0. The molecule has 6 heteroatoms. The first kappa shape index (κ1) is 23.6. The molecule has 0 aliphatic carbocycles. The molecule has 3 aromatic rings. The topological polar surface area (TPSA) is 85.1 Å². The Balaban J connectivity index is 1.48. The van der Waals surface area contributed by atoms with E-state index in [2.05, 4.69) is 44.0 Å². The highest BCUT2D eigenvalue weighted by molar-refractivity contribution is 5.96. The van der Waals surface area contributed by atoms with Crippen LogP contribution in [0.3, 0.4) is 0 Å². The number of ketones is 1. The van der Waals surface area contributed by atoms with E-state index < -0.39 is 0 Å². The van der Waals surface area contributed by atoms with Crippen LogP contribution in [0.15, 0.2) is 60.9 Å². The fourth-order valence-corrected chi connectivity index (χ4v) is 5.08. The number of Topliss-reactive ketones (excluding diaryl/α,β-unsaturated/α-hetero) is 1. The molecule has 0 spiro atoms. The van der Waals surface area contributed by atoms with Crippen molar-refractivity contribution in [3.05, 3.63) is 72.1 Å². The van der Waals surface area contributed by atoms with Crippen molar-refractivity contribution in [3.8, 4) is 28.7 Å². The number of rotatable bonds is 6. The second-order valence-corrected chi connectivity index (χ2v) is 10.1. The van der Waals surface area contributed by atoms with Gasteiger partial charge in [0.25, 0.3) is 0 Å². The van der Waals surface area contributed by atoms with E-state index in [9.17, 15) is 10.1 Å². The largest absolute Gasteiger partial charge is 0.456 e. The molecule has 1 fully saturated rings. The lowest BCUT2D eigenvalue weighted by Crippen LogP contribution is -2.45. The molecule has 0 N–H and O–H groups in total. The van der Waals surface area contributed by atoms with Crippen LogP contribution >= 0.6 is 0 Å². The third-order valence-corrected chi connectivity index (χ3v) is 6.02. The monoisotopic (exact) mass is 455 g/mol. The van der Waals surface area contributed by atoms with Gasteiger partial charge in [-0.1, -0.05) is 12.1 Å². The smallest absolute Gasteiger partial charge is 0.163 e. The number of hydrogen-bond acceptors (Lipinski definition) is 6. The molecule has 1 saturated heterocycles. The Morgan fingerprint density at radius 2 is 1.76 bits per heavy atom. The van der Waals surface area contributed by atoms with E-state index in [1.807, 2.05) is 12.1 Å². The third kappa shape index (κ3) is 5.49. The number of benzene rings is 2. The molecule has 2 heterocycles. The van der Waals surface area contributed by atoms with Crippen molar-refractivity contribution in [1.82, 2.24) is 10.2 Å². The van der Waals surface area contributed by atoms with Gasteiger partial charge in [0.1, 0.15) is 23.1 Å². The van der Waals surface area contributed by atoms with Crippen molar-refractivity contribution >= 4 is 5.78 Å². The van der Waals surface area contributed by atoms with Gasteiger partial charge in [0.2, 0.25) is 0 Å². The number of nitriles is 1. The van der Waals surface area contributed by atoms with Crippen LogP contribution in [0, 0.1) is 17.2 Å². The zero-order valence-corrected chi connectivity index (χ0v) is 20.0. The molecule has 0 bridgehead atoms. The minimum absolute atomic E-state index is 0.120. The van der Waals surface area contributed by atoms with Crippen LogP contribution < -0.4 is 4.74 Å². The van der Waals surface area contributed by atoms with Crippen LogP contribution in [0.25, 0.3) is 11.1 Å². The SMILES string of the molecule is CC1(C)CC(CC(=O)c2ccc(Oc3cccc(-c4ccnnc4)c3C#N)cc2)CC(C)(C)O1. The maximum absolute atomic E-state index is 13.0. The normalized spacial score (nSPS) is 17.0. The fourth-order valence-electron chi connectivity index (χ4n) is 5.08. The van der Waals surface area contributed by atoms with Crippen molar-refractivity contribution in [1.29, 1.82) is 5.26 Å². The van der Waals surface area contributed by atoms with E-state index in [1.54, 1.807) is 48.8 Å². The molecule has 6 nitrogen and oxygen atoms in total. The number of carbonyl (C=O) groups excluding carboxylic acids is 1. The quantitative estimate of drug-likeness (QED) is 0.402. The van der Waals surface area contributed by atoms with Gasteiger partial charge in [-0.2, -0.15) is 15.5 Å². The molecule has 0 atom stereocenters. The lowest BCUT2D eigenvalue weighted by atomic mass is 9.78. The van der Waals surface area contributed by atoms with Gasteiger partial charge in [-0.25, -0.2) is 0 Å². The molecular formula is C28H29N3O3. The molecule has 174 valence electrons. The van der Waals surface area contributed by atoms with Gasteiger partial charge < -0.3 is 9.47 Å². The first-order chi connectivity index (χ1) is 16.2. The fraction of sp³-hybridized carbons (Fsp3) is 0.357. The predicted molar refractivity (Wildman–Crippen MR) is 130 cm³/mol. The highest BCUT2D eigenvalue weighted by Crippen LogP contribution is 2.40. The van der Waals surface area contributed by atoms with Gasteiger partial charge >= 0.3 is 0 Å². The lowest BCUT2D eigenvalue weighted by molar-refractivity contribution is -0.171. The summed E-state index contributed by atoms with van der Waals surface area (Å²) >= 11 is 0. The molecular weight excluding hydrogens is 426 g/mol. The zero-order valence-electron chi connectivity index (χ0n) is 20.0. The van der Waals surface area contributed by atoms with E-state index in [4.69, 9.17) is 9.47 Å². The van der Waals surface area contributed by atoms with Crippen molar-refractivity contribution in [3.63, 3.8) is 0 Å². The summed E-state index contributed by atoms with van der Waals surface area (Å²) in [5, 5.41) is 17.5. The average Bonchev–Trinajstić information content (AvgIpc) is 2.78. The first-order valence-corrected chi connectivity index (χ1v) is 11.5. The summed E-state index contributed by atoms with van der Waals surface area (Å²) in [6.45, 7) is 8.36. The summed E-state index contributed by atoms with van der Waals surface area (Å²) in [5.74, 6) is 1.41. The minimum Gasteiger partial charge on any atom is -0.456 e. The molecule has 0 radical (unpaired) electrons. The Labute approximate surface area is 200 Å². The first-order valence-electron chi connectivity index (χ1n) is 11.5.